The van der Waals surface area contributed by atoms with E-state index in [9.17, 15) is 0 Å². The molecule has 0 saturated carbocycles. The molecule has 0 aromatic carbocycles. The van der Waals surface area contributed by atoms with Crippen molar-refractivity contribution in [3.8, 4) is 0 Å². The zero-order valence-electron chi connectivity index (χ0n) is 15.2. The molecular weight excluding hydrogens is 247 g/mol. The van der Waals surface area contributed by atoms with Crippen LogP contribution < -0.4 is 0 Å². The summed E-state index contributed by atoms with van der Waals surface area (Å²) in [7, 11) is -0.971. The molecule has 1 heteroatoms. The molecule has 0 saturated heterocycles. The maximum atomic E-state index is 2.59. The average molecular weight is 285 g/mol. The van der Waals surface area contributed by atoms with Crippen LogP contribution in [-0.2, 0) is 0 Å². The molecule has 1 unspecified atom stereocenters. The SMILES string of the molecule is CCC.CCC1=CC(C)[P+](C(C)(C)C)(C(C)(C)C)C1. The molecule has 0 aromatic heterocycles. The molecule has 114 valence electrons. The first kappa shape index (κ1) is 19.2. The number of rotatable bonds is 1. The Morgan fingerprint density at radius 2 is 1.37 bits per heavy atom. The maximum Gasteiger partial charge on any atom is 0.0865 e. The standard InChI is InChI=1S/C15H30P.C3H8/c1-9-13-10-12(2)16(11-13,14(3,4)5)15(6,7)8;1-3-2/h10,12H,9,11H2,1-8H3;3H2,1-2H3/q+1;. The highest BCUT2D eigenvalue weighted by Crippen LogP contribution is 2.82. The van der Waals surface area contributed by atoms with Gasteiger partial charge in [0.2, 0.25) is 0 Å². The van der Waals surface area contributed by atoms with Crippen LogP contribution in [0.2, 0.25) is 0 Å². The molecule has 0 nitrogen and oxygen atoms in total. The third-order valence-electron chi connectivity index (χ3n) is 4.47. The van der Waals surface area contributed by atoms with E-state index in [-0.39, 0.29) is 0 Å². The molecule has 0 aromatic rings. The normalized spacial score (nSPS) is 22.6. The molecule has 0 N–H and O–H groups in total. The van der Waals surface area contributed by atoms with Crippen LogP contribution in [0, 0.1) is 0 Å². The third-order valence-corrected chi connectivity index (χ3v) is 11.7. The van der Waals surface area contributed by atoms with Crippen molar-refractivity contribution >= 4 is 7.26 Å². The van der Waals surface area contributed by atoms with E-state index in [1.54, 1.807) is 5.57 Å². The van der Waals surface area contributed by atoms with Gasteiger partial charge in [-0.3, -0.25) is 0 Å². The van der Waals surface area contributed by atoms with Crippen molar-refractivity contribution in [2.45, 2.75) is 98.1 Å². The highest BCUT2D eigenvalue weighted by molar-refractivity contribution is 7.80. The number of hydrogen-bond acceptors (Lipinski definition) is 0. The van der Waals surface area contributed by atoms with Crippen molar-refractivity contribution in [1.29, 1.82) is 0 Å². The summed E-state index contributed by atoms with van der Waals surface area (Å²) < 4.78 is 0. The third kappa shape index (κ3) is 3.84. The van der Waals surface area contributed by atoms with Gasteiger partial charge in [0.15, 0.2) is 0 Å². The highest BCUT2D eigenvalue weighted by atomic mass is 31.2. The maximum absolute atomic E-state index is 2.59. The number of hydrogen-bond donors (Lipinski definition) is 0. The lowest BCUT2D eigenvalue weighted by molar-refractivity contribution is 0.678. The Kier molecular flexibility index (Phi) is 6.81. The Morgan fingerprint density at radius 1 is 1.00 bits per heavy atom. The van der Waals surface area contributed by atoms with Gasteiger partial charge in [0, 0.05) is 7.26 Å². The van der Waals surface area contributed by atoms with Crippen LogP contribution in [-0.4, -0.2) is 22.1 Å². The van der Waals surface area contributed by atoms with Crippen LogP contribution >= 0.6 is 7.26 Å². The summed E-state index contributed by atoms with van der Waals surface area (Å²) in [4.78, 5) is 0. The lowest BCUT2D eigenvalue weighted by atomic mass is 10.2. The molecule has 0 aliphatic carbocycles. The van der Waals surface area contributed by atoms with E-state index in [1.807, 2.05) is 0 Å². The fraction of sp³-hybridized carbons (Fsp3) is 0.889. The quantitative estimate of drug-likeness (QED) is 0.369. The zero-order valence-corrected chi connectivity index (χ0v) is 16.1. The smallest absolute Gasteiger partial charge is 0.0656 e. The molecule has 0 radical (unpaired) electrons. The molecule has 1 atom stereocenters. The molecular formula is C18H38P+. The van der Waals surface area contributed by atoms with Crippen molar-refractivity contribution in [1.82, 2.24) is 0 Å². The first-order valence-corrected chi connectivity index (χ1v) is 10.1. The molecule has 1 heterocycles. The molecule has 1 rings (SSSR count). The monoisotopic (exact) mass is 285 g/mol. The lowest BCUT2D eigenvalue weighted by Crippen LogP contribution is -2.38. The van der Waals surface area contributed by atoms with Gasteiger partial charge in [-0.05, 0) is 66.5 Å². The predicted octanol–water partition coefficient (Wildman–Crippen LogP) is 6.76. The summed E-state index contributed by atoms with van der Waals surface area (Å²) in [5.74, 6) is 0. The van der Waals surface area contributed by atoms with Gasteiger partial charge in [0.25, 0.3) is 0 Å². The van der Waals surface area contributed by atoms with Crippen LogP contribution in [0.25, 0.3) is 0 Å². The van der Waals surface area contributed by atoms with E-state index in [1.165, 1.54) is 19.0 Å². The van der Waals surface area contributed by atoms with Crippen LogP contribution in [0.4, 0.5) is 0 Å². The van der Waals surface area contributed by atoms with Crippen molar-refractivity contribution in [3.05, 3.63) is 11.6 Å². The van der Waals surface area contributed by atoms with Crippen LogP contribution in [0.5, 0.6) is 0 Å². The second-order valence-electron chi connectivity index (χ2n) is 7.99. The molecule has 1 aliphatic rings. The van der Waals surface area contributed by atoms with Crippen molar-refractivity contribution in [2.24, 2.45) is 0 Å². The molecule has 0 fully saturated rings. The lowest BCUT2D eigenvalue weighted by Gasteiger charge is -2.47. The molecule has 19 heavy (non-hydrogen) atoms. The first-order chi connectivity index (χ1) is 8.47. The van der Waals surface area contributed by atoms with Gasteiger partial charge in [0.05, 0.1) is 22.1 Å². The second-order valence-corrected chi connectivity index (χ2v) is 13.5. The van der Waals surface area contributed by atoms with Gasteiger partial charge in [-0.1, -0.05) is 27.2 Å². The Morgan fingerprint density at radius 3 is 1.53 bits per heavy atom. The molecule has 0 amide bonds. The summed E-state index contributed by atoms with van der Waals surface area (Å²) in [6.45, 7) is 23.8. The minimum absolute atomic E-state index is 0.470. The Balaban J connectivity index is 0.000000982. The second kappa shape index (κ2) is 6.75. The summed E-state index contributed by atoms with van der Waals surface area (Å²) in [5, 5.41) is 0.941. The van der Waals surface area contributed by atoms with E-state index < -0.39 is 7.26 Å². The van der Waals surface area contributed by atoms with Crippen molar-refractivity contribution in [2.75, 3.05) is 6.16 Å². The van der Waals surface area contributed by atoms with Crippen LogP contribution in [0.3, 0.4) is 0 Å². The Hall–Kier alpha value is 0.170. The Labute approximate surface area is 123 Å². The van der Waals surface area contributed by atoms with E-state index in [2.05, 4.69) is 75.3 Å². The van der Waals surface area contributed by atoms with Crippen molar-refractivity contribution in [3.63, 3.8) is 0 Å². The summed E-state index contributed by atoms with van der Waals surface area (Å²) >= 11 is 0. The van der Waals surface area contributed by atoms with E-state index in [0.29, 0.717) is 10.3 Å². The molecule has 0 bridgehead atoms. The largest absolute Gasteiger partial charge is 0.0865 e. The van der Waals surface area contributed by atoms with Gasteiger partial charge >= 0.3 is 0 Å². The van der Waals surface area contributed by atoms with Crippen molar-refractivity contribution < 1.29 is 0 Å². The molecule has 0 spiro atoms. The summed E-state index contributed by atoms with van der Waals surface area (Å²) in [6, 6.07) is 0. The van der Waals surface area contributed by atoms with Gasteiger partial charge in [-0.2, -0.15) is 0 Å². The predicted molar refractivity (Wildman–Crippen MR) is 95.1 cm³/mol. The highest BCUT2D eigenvalue weighted by Gasteiger charge is 2.62. The van der Waals surface area contributed by atoms with Crippen LogP contribution in [0.1, 0.15) is 82.1 Å². The van der Waals surface area contributed by atoms with Gasteiger partial charge in [-0.15, -0.1) is 0 Å². The summed E-state index contributed by atoms with van der Waals surface area (Å²) in [6.07, 6.45) is 6.49. The van der Waals surface area contributed by atoms with E-state index in [0.717, 1.165) is 5.66 Å². The fourth-order valence-corrected chi connectivity index (χ4v) is 11.0. The van der Waals surface area contributed by atoms with Gasteiger partial charge in [0.1, 0.15) is 0 Å². The molecule has 1 aliphatic heterocycles. The topological polar surface area (TPSA) is 0 Å². The Bertz CT molecular complexity index is 285. The minimum Gasteiger partial charge on any atom is -0.0656 e. The van der Waals surface area contributed by atoms with Crippen LogP contribution in [0.15, 0.2) is 11.6 Å². The average Bonchev–Trinajstić information content (AvgIpc) is 2.56. The van der Waals surface area contributed by atoms with E-state index in [4.69, 9.17) is 0 Å². The first-order valence-electron chi connectivity index (χ1n) is 8.05. The fourth-order valence-electron chi connectivity index (χ4n) is 3.92. The minimum atomic E-state index is -0.971. The number of allylic oxidation sites excluding steroid dienone is 2. The van der Waals surface area contributed by atoms with E-state index >= 15 is 0 Å². The summed E-state index contributed by atoms with van der Waals surface area (Å²) in [5.41, 5.74) is 2.52. The van der Waals surface area contributed by atoms with Gasteiger partial charge < -0.3 is 0 Å². The van der Waals surface area contributed by atoms with Gasteiger partial charge in [-0.25, -0.2) is 0 Å². The zero-order chi connectivity index (χ0) is 15.5.